The average Bonchev–Trinajstić information content (AvgIpc) is 2.24. The van der Waals surface area contributed by atoms with Crippen molar-refractivity contribution in [2.24, 2.45) is 0 Å². The number of aromatic nitrogens is 2. The number of aliphatic carboxylic acids is 1. The molecule has 1 unspecified atom stereocenters. The van der Waals surface area contributed by atoms with Crippen molar-refractivity contribution in [2.45, 2.75) is 38.9 Å². The third kappa shape index (κ3) is 3.99. The highest BCUT2D eigenvalue weighted by Gasteiger charge is 2.22. The topological polar surface area (TPSA) is 97.2 Å². The molecule has 1 N–H and O–H groups in total. The molecule has 0 amide bonds. The van der Waals surface area contributed by atoms with Crippen molar-refractivity contribution in [3.8, 4) is 0 Å². The van der Waals surface area contributed by atoms with Gasteiger partial charge in [-0.25, -0.2) is 18.4 Å². The monoisotopic (exact) mass is 286 g/mol. The highest BCUT2D eigenvalue weighted by molar-refractivity contribution is 7.90. The number of carboxylic acid groups (broad SMARTS) is 1. The summed E-state index contributed by atoms with van der Waals surface area (Å²) in [6.45, 7) is 5.02. The Balaban J connectivity index is 3.13. The number of hydrogen-bond donors (Lipinski definition) is 1. The lowest BCUT2D eigenvalue weighted by Gasteiger charge is -2.13. The van der Waals surface area contributed by atoms with Crippen LogP contribution in [0, 0.1) is 13.8 Å². The van der Waals surface area contributed by atoms with Gasteiger partial charge in [0.2, 0.25) is 0 Å². The maximum Gasteiger partial charge on any atom is 0.303 e. The highest BCUT2D eigenvalue weighted by atomic mass is 32.2. The summed E-state index contributed by atoms with van der Waals surface area (Å²) in [7, 11) is -3.25. The molecule has 7 heteroatoms. The lowest BCUT2D eigenvalue weighted by Crippen LogP contribution is -2.14. The molecule has 0 fully saturated rings. The maximum atomic E-state index is 11.5. The van der Waals surface area contributed by atoms with Crippen molar-refractivity contribution < 1.29 is 18.3 Å². The molecule has 1 heterocycles. The van der Waals surface area contributed by atoms with Crippen molar-refractivity contribution in [1.29, 1.82) is 0 Å². The van der Waals surface area contributed by atoms with Crippen LogP contribution < -0.4 is 0 Å². The summed E-state index contributed by atoms with van der Waals surface area (Å²) in [5.74, 6) is -0.621. The molecular formula is C12H18N2O4S. The van der Waals surface area contributed by atoms with Gasteiger partial charge >= 0.3 is 5.97 Å². The Hall–Kier alpha value is -1.50. The van der Waals surface area contributed by atoms with Crippen LogP contribution in [0.25, 0.3) is 0 Å². The number of hydrogen-bond acceptors (Lipinski definition) is 5. The zero-order valence-electron chi connectivity index (χ0n) is 11.5. The van der Waals surface area contributed by atoms with E-state index in [4.69, 9.17) is 5.11 Å². The second-order valence-corrected chi connectivity index (χ2v) is 6.96. The van der Waals surface area contributed by atoms with E-state index in [0.717, 1.165) is 11.8 Å². The molecule has 0 aliphatic rings. The number of sulfone groups is 1. The number of carboxylic acids is 1. The molecule has 0 bridgehead atoms. The Bertz CT molecular complexity index is 573. The van der Waals surface area contributed by atoms with E-state index in [-0.39, 0.29) is 12.2 Å². The second-order valence-electron chi connectivity index (χ2n) is 4.60. The molecule has 0 aromatic carbocycles. The van der Waals surface area contributed by atoms with E-state index in [1.54, 1.807) is 20.8 Å². The average molecular weight is 286 g/mol. The Labute approximate surface area is 112 Å². The second kappa shape index (κ2) is 5.64. The molecule has 0 saturated heterocycles. The van der Waals surface area contributed by atoms with Gasteiger partial charge in [-0.05, 0) is 32.8 Å². The smallest absolute Gasteiger partial charge is 0.303 e. The quantitative estimate of drug-likeness (QED) is 0.874. The number of aryl methyl sites for hydroxylation is 2. The molecule has 0 radical (unpaired) electrons. The lowest BCUT2D eigenvalue weighted by atomic mass is 10.1. The number of rotatable bonds is 5. The van der Waals surface area contributed by atoms with Crippen LogP contribution in [0.2, 0.25) is 0 Å². The summed E-state index contributed by atoms with van der Waals surface area (Å²) >= 11 is 0. The lowest BCUT2D eigenvalue weighted by molar-refractivity contribution is -0.136. The fourth-order valence-electron chi connectivity index (χ4n) is 1.73. The van der Waals surface area contributed by atoms with Gasteiger partial charge in [0.25, 0.3) is 0 Å². The van der Waals surface area contributed by atoms with E-state index in [1.807, 2.05) is 0 Å². The van der Waals surface area contributed by atoms with Crippen molar-refractivity contribution in [1.82, 2.24) is 9.97 Å². The summed E-state index contributed by atoms with van der Waals surface area (Å²) in [6.07, 6.45) is 1.50. The van der Waals surface area contributed by atoms with Gasteiger partial charge in [0.1, 0.15) is 11.1 Å². The van der Waals surface area contributed by atoms with Crippen LogP contribution in [0.1, 0.15) is 41.4 Å². The minimum Gasteiger partial charge on any atom is -0.481 e. The van der Waals surface area contributed by atoms with E-state index in [0.29, 0.717) is 17.8 Å². The van der Waals surface area contributed by atoms with E-state index in [1.165, 1.54) is 0 Å². The zero-order valence-corrected chi connectivity index (χ0v) is 12.3. The summed E-state index contributed by atoms with van der Waals surface area (Å²) in [5, 5.41) is 7.92. The van der Waals surface area contributed by atoms with E-state index < -0.39 is 21.1 Å². The summed E-state index contributed by atoms with van der Waals surface area (Å²) < 4.78 is 23.0. The third-order valence-electron chi connectivity index (χ3n) is 3.03. The molecule has 0 aliphatic heterocycles. The fraction of sp³-hybridized carbons (Fsp3) is 0.583. The predicted molar refractivity (Wildman–Crippen MR) is 70.7 cm³/mol. The Kier molecular flexibility index (Phi) is 4.62. The van der Waals surface area contributed by atoms with Crippen LogP contribution in [0.4, 0.5) is 0 Å². The van der Waals surface area contributed by atoms with Crippen LogP contribution in [0.3, 0.4) is 0 Å². The van der Waals surface area contributed by atoms with Gasteiger partial charge in [-0.2, -0.15) is 0 Å². The Morgan fingerprint density at radius 2 is 1.74 bits per heavy atom. The van der Waals surface area contributed by atoms with Gasteiger partial charge in [0.15, 0.2) is 9.84 Å². The molecule has 1 atom stereocenters. The van der Waals surface area contributed by atoms with Gasteiger partial charge in [0.05, 0.1) is 0 Å². The highest BCUT2D eigenvalue weighted by Crippen LogP contribution is 2.20. The van der Waals surface area contributed by atoms with Gasteiger partial charge < -0.3 is 5.11 Å². The number of nitrogens with zero attached hydrogens (tertiary/aromatic N) is 2. The largest absolute Gasteiger partial charge is 0.481 e. The van der Waals surface area contributed by atoms with Crippen molar-refractivity contribution in [3.05, 3.63) is 22.8 Å². The molecule has 19 heavy (non-hydrogen) atoms. The van der Waals surface area contributed by atoms with Crippen molar-refractivity contribution >= 4 is 15.8 Å². The minimum absolute atomic E-state index is 0.00597. The van der Waals surface area contributed by atoms with Gasteiger partial charge in [0, 0.05) is 24.1 Å². The van der Waals surface area contributed by atoms with Crippen LogP contribution in [-0.4, -0.2) is 35.7 Å². The predicted octanol–water partition coefficient (Wildman–Crippen LogP) is 1.22. The Morgan fingerprint density at radius 3 is 2.11 bits per heavy atom. The van der Waals surface area contributed by atoms with E-state index in [9.17, 15) is 13.2 Å². The molecule has 6 nitrogen and oxygen atoms in total. The fourth-order valence-corrected chi connectivity index (χ4v) is 2.22. The van der Waals surface area contributed by atoms with Crippen LogP contribution in [0.15, 0.2) is 0 Å². The first-order chi connectivity index (χ1) is 8.62. The van der Waals surface area contributed by atoms with Gasteiger partial charge in [-0.15, -0.1) is 0 Å². The first-order valence-electron chi connectivity index (χ1n) is 5.87. The Morgan fingerprint density at radius 1 is 1.26 bits per heavy atom. The molecule has 1 aromatic rings. The SMILES string of the molecule is Cc1nc(C(C)S(C)(=O)=O)nc(C)c1CCC(=O)O. The van der Waals surface area contributed by atoms with Gasteiger partial charge in [-0.3, -0.25) is 4.79 Å². The third-order valence-corrected chi connectivity index (χ3v) is 4.53. The molecule has 0 saturated carbocycles. The molecular weight excluding hydrogens is 268 g/mol. The molecule has 1 rings (SSSR count). The summed E-state index contributed by atoms with van der Waals surface area (Å²) in [6, 6.07) is 0. The van der Waals surface area contributed by atoms with Gasteiger partial charge in [-0.1, -0.05) is 0 Å². The molecule has 0 aliphatic carbocycles. The standard InChI is InChI=1S/C12H18N2O4S/c1-7-10(5-6-11(15)16)8(2)14-12(13-7)9(3)19(4,17)18/h9H,5-6H2,1-4H3,(H,15,16). The minimum atomic E-state index is -3.25. The zero-order chi connectivity index (χ0) is 14.8. The summed E-state index contributed by atoms with van der Waals surface area (Å²) in [4.78, 5) is 19.0. The first-order valence-corrected chi connectivity index (χ1v) is 7.83. The van der Waals surface area contributed by atoms with E-state index >= 15 is 0 Å². The molecule has 1 aromatic heterocycles. The van der Waals surface area contributed by atoms with Crippen LogP contribution in [0.5, 0.6) is 0 Å². The van der Waals surface area contributed by atoms with Crippen LogP contribution >= 0.6 is 0 Å². The maximum absolute atomic E-state index is 11.5. The summed E-state index contributed by atoms with van der Waals surface area (Å²) in [5.41, 5.74) is 2.05. The normalized spacial score (nSPS) is 13.3. The number of carbonyl (C=O) groups is 1. The molecule has 0 spiro atoms. The molecule has 106 valence electrons. The van der Waals surface area contributed by atoms with E-state index in [2.05, 4.69) is 9.97 Å². The van der Waals surface area contributed by atoms with Crippen molar-refractivity contribution in [3.63, 3.8) is 0 Å². The van der Waals surface area contributed by atoms with Crippen molar-refractivity contribution in [2.75, 3.05) is 6.26 Å². The first kappa shape index (κ1) is 15.6. The van der Waals surface area contributed by atoms with Crippen LogP contribution in [-0.2, 0) is 21.1 Å².